The van der Waals surface area contributed by atoms with Gasteiger partial charge in [-0.3, -0.25) is 14.4 Å². The number of aromatic hydroxyl groups is 1. The van der Waals surface area contributed by atoms with E-state index in [-0.39, 0.29) is 48.4 Å². The Morgan fingerprint density at radius 3 is 2.49 bits per heavy atom. The summed E-state index contributed by atoms with van der Waals surface area (Å²) in [4.78, 5) is 50.4. The summed E-state index contributed by atoms with van der Waals surface area (Å²) < 4.78 is 5.16. The zero-order chi connectivity index (χ0) is 25.1. The third-order valence-electron chi connectivity index (χ3n) is 6.04. The first kappa shape index (κ1) is 24.0. The lowest BCUT2D eigenvalue weighted by molar-refractivity contribution is -0.147. The summed E-state index contributed by atoms with van der Waals surface area (Å²) in [6.45, 7) is 2.02. The molecule has 0 aliphatic carbocycles. The van der Waals surface area contributed by atoms with Gasteiger partial charge in [-0.05, 0) is 24.1 Å². The maximum atomic E-state index is 13.1. The van der Waals surface area contributed by atoms with Crippen LogP contribution in [0.4, 0.5) is 17.1 Å². The minimum absolute atomic E-state index is 0.0148. The fourth-order valence-corrected chi connectivity index (χ4v) is 4.09. The minimum Gasteiger partial charge on any atom is -0.505 e. The van der Waals surface area contributed by atoms with E-state index in [1.165, 1.54) is 18.2 Å². The van der Waals surface area contributed by atoms with Crippen LogP contribution in [0.15, 0.2) is 58.1 Å². The molecule has 3 aromatic carbocycles. The van der Waals surface area contributed by atoms with Crippen molar-refractivity contribution < 1.29 is 24.5 Å². The number of phenols is 1. The van der Waals surface area contributed by atoms with Crippen molar-refractivity contribution in [1.82, 2.24) is 4.90 Å². The van der Waals surface area contributed by atoms with Gasteiger partial charge in [-0.2, -0.15) is 0 Å². The highest BCUT2D eigenvalue weighted by Gasteiger charge is 2.34. The molecule has 1 aliphatic heterocycles. The van der Waals surface area contributed by atoms with E-state index in [0.29, 0.717) is 6.42 Å². The fraction of sp³-hybridized carbons (Fsp3) is 0.280. The van der Waals surface area contributed by atoms with E-state index in [1.54, 1.807) is 0 Å². The SMILES string of the molecule is CC[C@@H](Nc1c(Nc2cccc(C(=O)N3CCOCC3C(=O)O)c2O)c(=O)c1=O)c1ccccc1. The molecule has 0 saturated carbocycles. The molecule has 10 nitrogen and oxygen atoms in total. The van der Waals surface area contributed by atoms with Crippen LogP contribution in [0.5, 0.6) is 5.75 Å². The smallest absolute Gasteiger partial charge is 0.328 e. The van der Waals surface area contributed by atoms with Gasteiger partial charge in [0.2, 0.25) is 0 Å². The highest BCUT2D eigenvalue weighted by molar-refractivity contribution is 6.01. The Bertz CT molecular complexity index is 1310. The van der Waals surface area contributed by atoms with E-state index >= 15 is 0 Å². The number of carbonyl (C=O) groups excluding carboxylic acids is 1. The molecule has 0 aromatic heterocycles. The molecule has 0 bridgehead atoms. The van der Waals surface area contributed by atoms with Crippen LogP contribution in [0.3, 0.4) is 0 Å². The molecule has 2 atom stereocenters. The number of carbonyl (C=O) groups is 2. The lowest BCUT2D eigenvalue weighted by atomic mass is 10.0. The third kappa shape index (κ3) is 4.60. The number of amides is 1. The van der Waals surface area contributed by atoms with Gasteiger partial charge in [0.25, 0.3) is 16.8 Å². The summed E-state index contributed by atoms with van der Waals surface area (Å²) in [7, 11) is 0. The average molecular weight is 479 g/mol. The van der Waals surface area contributed by atoms with Crippen LogP contribution in [0.2, 0.25) is 0 Å². The average Bonchev–Trinajstić information content (AvgIpc) is 2.89. The fourth-order valence-electron chi connectivity index (χ4n) is 4.09. The van der Waals surface area contributed by atoms with Crippen LogP contribution < -0.4 is 21.5 Å². The second-order valence-electron chi connectivity index (χ2n) is 8.18. The molecule has 0 radical (unpaired) electrons. The Morgan fingerprint density at radius 1 is 1.09 bits per heavy atom. The number of aliphatic carboxylic acids is 1. The number of anilines is 3. The van der Waals surface area contributed by atoms with E-state index < -0.39 is 34.5 Å². The molecule has 1 unspecified atom stereocenters. The minimum atomic E-state index is -1.21. The van der Waals surface area contributed by atoms with Crippen LogP contribution in [0.1, 0.15) is 35.3 Å². The number of hydrogen-bond donors (Lipinski definition) is 4. The summed E-state index contributed by atoms with van der Waals surface area (Å²) in [5.74, 6) is -2.35. The summed E-state index contributed by atoms with van der Waals surface area (Å²) in [5, 5.41) is 26.1. The summed E-state index contributed by atoms with van der Waals surface area (Å²) in [5.41, 5.74) is -0.481. The van der Waals surface area contributed by atoms with E-state index in [4.69, 9.17) is 4.74 Å². The van der Waals surface area contributed by atoms with Crippen LogP contribution in [0.25, 0.3) is 0 Å². The second kappa shape index (κ2) is 9.98. The number of ether oxygens (including phenoxy) is 1. The zero-order valence-electron chi connectivity index (χ0n) is 19.0. The number of rotatable bonds is 8. The molecule has 1 heterocycles. The number of nitrogens with one attached hydrogen (secondary N) is 2. The molecule has 1 amide bonds. The van der Waals surface area contributed by atoms with Crippen molar-refractivity contribution in [2.24, 2.45) is 0 Å². The lowest BCUT2D eigenvalue weighted by Crippen LogP contribution is -2.52. The standard InChI is InChI=1S/C25H25N3O7/c1-2-16(14-7-4-3-5-8-14)26-19-20(23(31)22(19)30)27-17-10-6-9-15(21(17)29)24(32)28-11-12-35-13-18(28)25(33)34/h3-10,16,18,26-27,29H,2,11-13H2,1H3,(H,33,34)/t16-,18?/m1/s1. The van der Waals surface area contributed by atoms with E-state index in [2.05, 4.69) is 10.6 Å². The summed E-state index contributed by atoms with van der Waals surface area (Å²) in [6.07, 6.45) is 0.655. The van der Waals surface area contributed by atoms with Crippen molar-refractivity contribution in [2.75, 3.05) is 30.4 Å². The predicted molar refractivity (Wildman–Crippen MR) is 129 cm³/mol. The van der Waals surface area contributed by atoms with Gasteiger partial charge in [0.1, 0.15) is 11.4 Å². The number of phenolic OH excluding ortho intramolecular Hbond substituents is 1. The number of carboxylic acids is 1. The summed E-state index contributed by atoms with van der Waals surface area (Å²) >= 11 is 0. The van der Waals surface area contributed by atoms with Crippen LogP contribution in [0, 0.1) is 0 Å². The normalized spacial score (nSPS) is 16.6. The molecule has 3 aromatic rings. The van der Waals surface area contributed by atoms with Crippen molar-refractivity contribution in [1.29, 1.82) is 0 Å². The van der Waals surface area contributed by atoms with E-state index in [9.17, 15) is 29.4 Å². The van der Waals surface area contributed by atoms with Crippen molar-refractivity contribution in [2.45, 2.75) is 25.4 Å². The van der Waals surface area contributed by atoms with Gasteiger partial charge in [0.05, 0.1) is 30.5 Å². The third-order valence-corrected chi connectivity index (χ3v) is 6.04. The monoisotopic (exact) mass is 479 g/mol. The molecule has 0 spiro atoms. The number of nitrogens with zero attached hydrogens (tertiary/aromatic N) is 1. The van der Waals surface area contributed by atoms with Crippen molar-refractivity contribution in [3.8, 4) is 5.75 Å². The predicted octanol–water partition coefficient (Wildman–Crippen LogP) is 2.22. The van der Waals surface area contributed by atoms with E-state index in [1.807, 2.05) is 37.3 Å². The Balaban J connectivity index is 1.60. The first-order chi connectivity index (χ1) is 16.8. The molecule has 1 saturated heterocycles. The largest absolute Gasteiger partial charge is 0.505 e. The number of benzene rings is 2. The molecule has 4 rings (SSSR count). The van der Waals surface area contributed by atoms with Crippen molar-refractivity contribution >= 4 is 28.9 Å². The number of hydrogen-bond acceptors (Lipinski definition) is 8. The van der Waals surface area contributed by atoms with Crippen LogP contribution in [-0.2, 0) is 9.53 Å². The van der Waals surface area contributed by atoms with Gasteiger partial charge in [-0.25, -0.2) is 4.79 Å². The van der Waals surface area contributed by atoms with Gasteiger partial charge in [0.15, 0.2) is 11.8 Å². The first-order valence-electron chi connectivity index (χ1n) is 11.2. The highest BCUT2D eigenvalue weighted by Crippen LogP contribution is 2.34. The molecule has 10 heteroatoms. The molecular weight excluding hydrogens is 454 g/mol. The molecular formula is C25H25N3O7. The lowest BCUT2D eigenvalue weighted by Gasteiger charge is -2.33. The number of morpholine rings is 1. The Kier molecular flexibility index (Phi) is 6.83. The molecule has 35 heavy (non-hydrogen) atoms. The number of carboxylic acid groups (broad SMARTS) is 1. The Hall–Kier alpha value is -4.18. The molecule has 182 valence electrons. The van der Waals surface area contributed by atoms with Crippen LogP contribution >= 0.6 is 0 Å². The quantitative estimate of drug-likeness (QED) is 0.282. The number of para-hydroxylation sites is 1. The highest BCUT2D eigenvalue weighted by atomic mass is 16.5. The second-order valence-corrected chi connectivity index (χ2v) is 8.18. The zero-order valence-corrected chi connectivity index (χ0v) is 19.0. The Labute approximate surface area is 200 Å². The first-order valence-corrected chi connectivity index (χ1v) is 11.2. The van der Waals surface area contributed by atoms with E-state index in [0.717, 1.165) is 10.5 Å². The maximum Gasteiger partial charge on any atom is 0.328 e. The molecule has 1 fully saturated rings. The van der Waals surface area contributed by atoms with Gasteiger partial charge in [-0.15, -0.1) is 0 Å². The topological polar surface area (TPSA) is 145 Å². The van der Waals surface area contributed by atoms with Gasteiger partial charge >= 0.3 is 5.97 Å². The van der Waals surface area contributed by atoms with Crippen molar-refractivity contribution in [3.05, 3.63) is 80.1 Å². The van der Waals surface area contributed by atoms with Gasteiger partial charge in [-0.1, -0.05) is 43.3 Å². The molecule has 1 aliphatic rings. The molecule has 4 N–H and O–H groups in total. The van der Waals surface area contributed by atoms with Gasteiger partial charge < -0.3 is 30.5 Å². The van der Waals surface area contributed by atoms with Crippen LogP contribution in [-0.4, -0.2) is 52.8 Å². The Morgan fingerprint density at radius 2 is 1.80 bits per heavy atom. The summed E-state index contributed by atoms with van der Waals surface area (Å²) in [6, 6.07) is 12.4. The van der Waals surface area contributed by atoms with Crippen molar-refractivity contribution in [3.63, 3.8) is 0 Å². The van der Waals surface area contributed by atoms with Gasteiger partial charge in [0, 0.05) is 6.54 Å². The maximum absolute atomic E-state index is 13.1.